The van der Waals surface area contributed by atoms with Crippen LogP contribution >= 0.6 is 0 Å². The summed E-state index contributed by atoms with van der Waals surface area (Å²) < 4.78 is 11.2. The van der Waals surface area contributed by atoms with E-state index in [1.165, 1.54) is 0 Å². The molecule has 0 unspecified atom stereocenters. The van der Waals surface area contributed by atoms with E-state index in [1.807, 2.05) is 50.3 Å². The van der Waals surface area contributed by atoms with Gasteiger partial charge < -0.3 is 14.8 Å². The van der Waals surface area contributed by atoms with E-state index in [9.17, 15) is 4.79 Å². The normalized spacial score (nSPS) is 14.0. The molecular formula is C19H20N2O3. The van der Waals surface area contributed by atoms with Crippen LogP contribution in [0.1, 0.15) is 31.0 Å². The van der Waals surface area contributed by atoms with E-state index in [-0.39, 0.29) is 18.6 Å². The second-order valence-corrected chi connectivity index (χ2v) is 5.57. The third-order valence-corrected chi connectivity index (χ3v) is 3.83. The molecule has 0 spiro atoms. The number of amides is 1. The minimum atomic E-state index is -0.140. The lowest BCUT2D eigenvalue weighted by atomic mass is 10.1. The summed E-state index contributed by atoms with van der Waals surface area (Å²) in [6, 6.07) is 9.29. The Labute approximate surface area is 141 Å². The molecular weight excluding hydrogens is 304 g/mol. The molecule has 5 heteroatoms. The third kappa shape index (κ3) is 3.56. The first kappa shape index (κ1) is 16.1. The van der Waals surface area contributed by atoms with Crippen molar-refractivity contribution in [3.63, 3.8) is 0 Å². The molecule has 1 amide bonds. The van der Waals surface area contributed by atoms with Crippen LogP contribution in [0.5, 0.6) is 11.5 Å². The van der Waals surface area contributed by atoms with E-state index >= 15 is 0 Å². The minimum absolute atomic E-state index is 0.122. The summed E-state index contributed by atoms with van der Waals surface area (Å²) >= 11 is 0. The molecule has 1 aliphatic heterocycles. The minimum Gasteiger partial charge on any atom is -0.494 e. The molecule has 0 radical (unpaired) electrons. The lowest BCUT2D eigenvalue weighted by Crippen LogP contribution is -2.30. The first-order chi connectivity index (χ1) is 11.7. The van der Waals surface area contributed by atoms with E-state index in [4.69, 9.17) is 9.47 Å². The highest BCUT2D eigenvalue weighted by Crippen LogP contribution is 2.30. The molecule has 1 atom stereocenters. The fourth-order valence-electron chi connectivity index (χ4n) is 2.55. The maximum atomic E-state index is 12.5. The SMILES string of the molecule is CCOc1ccc2c(c1)C=C(C(=O)N[C@@H](C)c1cccnc1)CO2. The average Bonchev–Trinajstić information content (AvgIpc) is 2.62. The third-order valence-electron chi connectivity index (χ3n) is 3.83. The molecule has 2 aromatic rings. The molecule has 1 aliphatic rings. The van der Waals surface area contributed by atoms with Gasteiger partial charge in [0.2, 0.25) is 0 Å². The fourth-order valence-corrected chi connectivity index (χ4v) is 2.55. The number of nitrogens with zero attached hydrogens (tertiary/aromatic N) is 1. The van der Waals surface area contributed by atoms with Crippen LogP contribution in [-0.4, -0.2) is 24.1 Å². The number of hydrogen-bond acceptors (Lipinski definition) is 4. The predicted octanol–water partition coefficient (Wildman–Crippen LogP) is 3.13. The summed E-state index contributed by atoms with van der Waals surface area (Å²) in [6.07, 6.45) is 5.31. The summed E-state index contributed by atoms with van der Waals surface area (Å²) in [7, 11) is 0. The van der Waals surface area contributed by atoms with Crippen molar-refractivity contribution in [2.75, 3.05) is 13.2 Å². The van der Waals surface area contributed by atoms with E-state index in [2.05, 4.69) is 10.3 Å². The Morgan fingerprint density at radius 2 is 2.29 bits per heavy atom. The zero-order valence-electron chi connectivity index (χ0n) is 13.8. The smallest absolute Gasteiger partial charge is 0.251 e. The summed E-state index contributed by atoms with van der Waals surface area (Å²) in [6.45, 7) is 4.72. The van der Waals surface area contributed by atoms with Gasteiger partial charge >= 0.3 is 0 Å². The maximum absolute atomic E-state index is 12.5. The van der Waals surface area contributed by atoms with E-state index in [0.717, 1.165) is 22.6 Å². The zero-order chi connectivity index (χ0) is 16.9. The lowest BCUT2D eigenvalue weighted by Gasteiger charge is -2.20. The number of carbonyl (C=O) groups excluding carboxylic acids is 1. The molecule has 3 rings (SSSR count). The maximum Gasteiger partial charge on any atom is 0.251 e. The zero-order valence-corrected chi connectivity index (χ0v) is 13.8. The average molecular weight is 324 g/mol. The van der Waals surface area contributed by atoms with E-state index in [1.54, 1.807) is 12.4 Å². The topological polar surface area (TPSA) is 60.5 Å². The number of pyridine rings is 1. The summed E-state index contributed by atoms with van der Waals surface area (Å²) in [5.41, 5.74) is 2.40. The van der Waals surface area contributed by atoms with Crippen molar-refractivity contribution in [2.24, 2.45) is 0 Å². The van der Waals surface area contributed by atoms with Gasteiger partial charge in [-0.3, -0.25) is 9.78 Å². The predicted molar refractivity (Wildman–Crippen MR) is 91.9 cm³/mol. The number of aromatic nitrogens is 1. The van der Waals surface area contributed by atoms with Crippen molar-refractivity contribution in [2.45, 2.75) is 19.9 Å². The van der Waals surface area contributed by atoms with Crippen LogP contribution in [0.15, 0.2) is 48.3 Å². The molecule has 0 saturated heterocycles. The number of rotatable bonds is 5. The molecule has 1 aromatic heterocycles. The van der Waals surface area contributed by atoms with Gasteiger partial charge in [-0.2, -0.15) is 0 Å². The van der Waals surface area contributed by atoms with Crippen molar-refractivity contribution in [1.29, 1.82) is 0 Å². The first-order valence-electron chi connectivity index (χ1n) is 7.98. The van der Waals surface area contributed by atoms with E-state index < -0.39 is 0 Å². The monoisotopic (exact) mass is 324 g/mol. The molecule has 0 aliphatic carbocycles. The van der Waals surface area contributed by atoms with Crippen molar-refractivity contribution in [3.05, 3.63) is 59.4 Å². The van der Waals surface area contributed by atoms with Gasteiger partial charge in [0, 0.05) is 18.0 Å². The van der Waals surface area contributed by atoms with Crippen LogP contribution < -0.4 is 14.8 Å². The quantitative estimate of drug-likeness (QED) is 0.918. The van der Waals surface area contributed by atoms with Gasteiger partial charge in [-0.25, -0.2) is 0 Å². The van der Waals surface area contributed by atoms with Gasteiger partial charge in [-0.15, -0.1) is 0 Å². The van der Waals surface area contributed by atoms with Crippen LogP contribution in [0.4, 0.5) is 0 Å². The highest BCUT2D eigenvalue weighted by atomic mass is 16.5. The second-order valence-electron chi connectivity index (χ2n) is 5.57. The second kappa shape index (κ2) is 7.17. The Balaban J connectivity index is 1.75. The molecule has 2 heterocycles. The Hall–Kier alpha value is -2.82. The number of ether oxygens (including phenoxy) is 2. The van der Waals surface area contributed by atoms with Crippen LogP contribution in [0.25, 0.3) is 6.08 Å². The Morgan fingerprint density at radius 1 is 1.42 bits per heavy atom. The number of fused-ring (bicyclic) bond motifs is 1. The van der Waals surface area contributed by atoms with Crippen LogP contribution in [0, 0.1) is 0 Å². The van der Waals surface area contributed by atoms with Gasteiger partial charge in [-0.05, 0) is 49.8 Å². The van der Waals surface area contributed by atoms with Crippen LogP contribution in [-0.2, 0) is 4.79 Å². The lowest BCUT2D eigenvalue weighted by molar-refractivity contribution is -0.118. The van der Waals surface area contributed by atoms with Crippen LogP contribution in [0.3, 0.4) is 0 Å². The largest absolute Gasteiger partial charge is 0.494 e. The molecule has 0 fully saturated rings. The molecule has 0 bridgehead atoms. The molecule has 1 N–H and O–H groups in total. The molecule has 0 saturated carbocycles. The highest BCUT2D eigenvalue weighted by Gasteiger charge is 2.19. The van der Waals surface area contributed by atoms with Crippen molar-refractivity contribution < 1.29 is 14.3 Å². The van der Waals surface area contributed by atoms with Crippen molar-refractivity contribution >= 4 is 12.0 Å². The van der Waals surface area contributed by atoms with Gasteiger partial charge in [0.1, 0.15) is 18.1 Å². The van der Waals surface area contributed by atoms with E-state index in [0.29, 0.717) is 12.2 Å². The van der Waals surface area contributed by atoms with Crippen molar-refractivity contribution in [3.8, 4) is 11.5 Å². The highest BCUT2D eigenvalue weighted by molar-refractivity contribution is 5.99. The molecule has 5 nitrogen and oxygen atoms in total. The van der Waals surface area contributed by atoms with Gasteiger partial charge in [0.05, 0.1) is 18.2 Å². The Kier molecular flexibility index (Phi) is 4.79. The molecule has 1 aromatic carbocycles. The van der Waals surface area contributed by atoms with Gasteiger partial charge in [0.25, 0.3) is 5.91 Å². The summed E-state index contributed by atoms with van der Waals surface area (Å²) in [4.78, 5) is 16.6. The van der Waals surface area contributed by atoms with Crippen molar-refractivity contribution in [1.82, 2.24) is 10.3 Å². The number of hydrogen-bond donors (Lipinski definition) is 1. The fraction of sp³-hybridized carbons (Fsp3) is 0.263. The van der Waals surface area contributed by atoms with Gasteiger partial charge in [0.15, 0.2) is 0 Å². The van der Waals surface area contributed by atoms with Crippen LogP contribution in [0.2, 0.25) is 0 Å². The number of benzene rings is 1. The number of nitrogens with one attached hydrogen (secondary N) is 1. The molecule has 124 valence electrons. The standard InChI is InChI=1S/C19H20N2O3/c1-3-23-17-6-7-18-15(10-17)9-16(12-24-18)19(22)21-13(2)14-5-4-8-20-11-14/h4-11,13H,3,12H2,1-2H3,(H,21,22)/t13-/m0/s1. The number of carbonyl (C=O) groups is 1. The summed E-state index contributed by atoms with van der Waals surface area (Å²) in [5.74, 6) is 1.38. The first-order valence-corrected chi connectivity index (χ1v) is 7.98. The Morgan fingerprint density at radius 3 is 3.04 bits per heavy atom. The molecule has 24 heavy (non-hydrogen) atoms. The Bertz CT molecular complexity index is 756. The summed E-state index contributed by atoms with van der Waals surface area (Å²) in [5, 5.41) is 2.98. The van der Waals surface area contributed by atoms with Gasteiger partial charge in [-0.1, -0.05) is 6.07 Å².